The summed E-state index contributed by atoms with van der Waals surface area (Å²) in [5, 5.41) is 22.5. The van der Waals surface area contributed by atoms with Crippen molar-refractivity contribution in [1.29, 1.82) is 0 Å². The summed E-state index contributed by atoms with van der Waals surface area (Å²) in [5.74, 6) is -1.10. The Morgan fingerprint density at radius 1 is 1.22 bits per heavy atom. The normalized spacial score (nSPS) is 22.6. The molecule has 186 valence electrons. The molecule has 2 N–H and O–H groups in total. The number of esters is 1. The molecular formula is C26H24ClN3O6. The van der Waals surface area contributed by atoms with Crippen molar-refractivity contribution in [3.8, 4) is 11.4 Å². The number of benzene rings is 1. The minimum atomic E-state index is -1.91. The molecule has 1 unspecified atom stereocenters. The number of hydrogen-bond acceptors (Lipinski definition) is 7. The van der Waals surface area contributed by atoms with Gasteiger partial charge in [-0.15, -0.1) is 0 Å². The number of amides is 1. The molecule has 1 amide bonds. The van der Waals surface area contributed by atoms with Gasteiger partial charge in [0.1, 0.15) is 12.7 Å². The van der Waals surface area contributed by atoms with Crippen LogP contribution >= 0.6 is 11.6 Å². The molecule has 0 aliphatic carbocycles. The van der Waals surface area contributed by atoms with E-state index < -0.39 is 17.7 Å². The summed E-state index contributed by atoms with van der Waals surface area (Å²) in [7, 11) is 0. The largest absolute Gasteiger partial charge is 0.458 e. The third-order valence-electron chi connectivity index (χ3n) is 7.70. The number of hydrogen-bond donors (Lipinski definition) is 2. The number of cyclic esters (lactones) is 1. The number of carbonyl (C=O) groups excluding carboxylic acids is 2. The lowest BCUT2D eigenvalue weighted by atomic mass is 9.86. The molecule has 9 nitrogen and oxygen atoms in total. The zero-order chi connectivity index (χ0) is 25.5. The lowest BCUT2D eigenvalue weighted by Crippen LogP contribution is -2.44. The molecule has 0 saturated carbocycles. The first kappa shape index (κ1) is 23.1. The third kappa shape index (κ3) is 3.09. The van der Waals surface area contributed by atoms with Gasteiger partial charge in [-0.2, -0.15) is 0 Å². The van der Waals surface area contributed by atoms with E-state index in [1.165, 1.54) is 0 Å². The second-order valence-corrected chi connectivity index (χ2v) is 10.1. The fraction of sp³-hybridized carbons (Fsp3) is 0.385. The molecule has 2 aromatic heterocycles. The molecule has 1 saturated heterocycles. The predicted octanol–water partition coefficient (Wildman–Crippen LogP) is 2.13. The molecular weight excluding hydrogens is 486 g/mol. The summed E-state index contributed by atoms with van der Waals surface area (Å²) in [6.45, 7) is 4.24. The maximum Gasteiger partial charge on any atom is 0.343 e. The van der Waals surface area contributed by atoms with E-state index >= 15 is 0 Å². The van der Waals surface area contributed by atoms with Crippen molar-refractivity contribution < 1.29 is 24.5 Å². The number of halogens is 1. The lowest BCUT2D eigenvalue weighted by molar-refractivity contribution is -0.172. The molecule has 3 aliphatic heterocycles. The number of carbonyl (C=O) groups is 2. The van der Waals surface area contributed by atoms with E-state index in [9.17, 15) is 24.6 Å². The molecule has 1 aromatic carbocycles. The van der Waals surface area contributed by atoms with E-state index in [1.807, 2.05) is 13.0 Å². The molecule has 6 rings (SSSR count). The van der Waals surface area contributed by atoms with Gasteiger partial charge in [0.15, 0.2) is 5.60 Å². The van der Waals surface area contributed by atoms with Crippen molar-refractivity contribution in [1.82, 2.24) is 14.5 Å². The Hall–Kier alpha value is -3.27. The van der Waals surface area contributed by atoms with Gasteiger partial charge in [-0.05, 0) is 49.1 Å². The van der Waals surface area contributed by atoms with E-state index in [0.717, 1.165) is 22.1 Å². The molecule has 0 spiro atoms. The summed E-state index contributed by atoms with van der Waals surface area (Å²) < 4.78 is 6.72. The third-order valence-corrected chi connectivity index (χ3v) is 8.11. The Kier molecular flexibility index (Phi) is 5.06. The first-order chi connectivity index (χ1) is 17.1. The molecule has 0 bridgehead atoms. The van der Waals surface area contributed by atoms with Crippen LogP contribution in [0.5, 0.6) is 0 Å². The second-order valence-electron chi connectivity index (χ2n) is 9.70. The standard InChI is InChI=1S/C26H24ClN3O6/c1-3-26(35)17-7-20-22-15(10-30(20)23(32)16(17)11-36-25(26)34)14(9-29-5-4-21(31)24(29)33)13-6-12(2)18(27)8-19(13)28-22/h6-8,21,31,35H,3-5,9-11H2,1-2H3/t21?,26-/m0/s1. The maximum atomic E-state index is 13.6. The summed E-state index contributed by atoms with van der Waals surface area (Å²) >= 11 is 6.42. The van der Waals surface area contributed by atoms with Crippen LogP contribution in [0.15, 0.2) is 23.0 Å². The number of aliphatic hydroxyl groups excluding tert-OH is 1. The highest BCUT2D eigenvalue weighted by Gasteiger charge is 2.45. The number of aliphatic hydroxyl groups is 2. The fourth-order valence-electron chi connectivity index (χ4n) is 5.54. The molecule has 3 aliphatic rings. The summed E-state index contributed by atoms with van der Waals surface area (Å²) in [4.78, 5) is 45.0. The first-order valence-corrected chi connectivity index (χ1v) is 12.3. The monoisotopic (exact) mass is 509 g/mol. The van der Waals surface area contributed by atoms with Crippen LogP contribution in [0.3, 0.4) is 0 Å². The Morgan fingerprint density at radius 2 is 2.00 bits per heavy atom. The van der Waals surface area contributed by atoms with Gasteiger partial charge in [0, 0.05) is 34.6 Å². The highest BCUT2D eigenvalue weighted by atomic mass is 35.5. The zero-order valence-corrected chi connectivity index (χ0v) is 20.6. The van der Waals surface area contributed by atoms with Gasteiger partial charge in [-0.3, -0.25) is 9.59 Å². The van der Waals surface area contributed by atoms with Gasteiger partial charge in [0.2, 0.25) is 0 Å². The SMILES string of the molecule is CC[C@@]1(O)C(=O)OCc2c1cc1n(c2=O)Cc2c-1nc1cc(Cl)c(C)cc1c2CN1CCC(O)C1=O. The van der Waals surface area contributed by atoms with Gasteiger partial charge in [0.05, 0.1) is 29.0 Å². The Balaban J connectivity index is 1.61. The summed E-state index contributed by atoms with van der Waals surface area (Å²) in [6.07, 6.45) is -0.595. The maximum absolute atomic E-state index is 13.6. The van der Waals surface area contributed by atoms with Gasteiger partial charge in [-0.25, -0.2) is 9.78 Å². The Bertz CT molecular complexity index is 1560. The number of fused-ring (bicyclic) bond motifs is 5. The van der Waals surface area contributed by atoms with Crippen LogP contribution in [-0.4, -0.2) is 49.2 Å². The number of aryl methyl sites for hydroxylation is 1. The van der Waals surface area contributed by atoms with Crippen LogP contribution in [-0.2, 0) is 39.6 Å². The first-order valence-electron chi connectivity index (χ1n) is 11.9. The quantitative estimate of drug-likeness (QED) is 0.406. The van der Waals surface area contributed by atoms with Crippen molar-refractivity contribution in [2.75, 3.05) is 6.54 Å². The minimum Gasteiger partial charge on any atom is -0.458 e. The van der Waals surface area contributed by atoms with Gasteiger partial charge in [0.25, 0.3) is 11.5 Å². The number of ether oxygens (including phenoxy) is 1. The summed E-state index contributed by atoms with van der Waals surface area (Å²) in [5.41, 5.74) is 2.33. The zero-order valence-electron chi connectivity index (χ0n) is 19.8. The van der Waals surface area contributed by atoms with E-state index in [0.29, 0.717) is 34.9 Å². The van der Waals surface area contributed by atoms with Crippen LogP contribution in [0.2, 0.25) is 5.02 Å². The van der Waals surface area contributed by atoms with E-state index in [2.05, 4.69) is 0 Å². The summed E-state index contributed by atoms with van der Waals surface area (Å²) in [6, 6.07) is 5.35. The van der Waals surface area contributed by atoms with Crippen molar-refractivity contribution >= 4 is 34.4 Å². The fourth-order valence-corrected chi connectivity index (χ4v) is 5.70. The molecule has 5 heterocycles. The second kappa shape index (κ2) is 7.86. The molecule has 3 aromatic rings. The average molecular weight is 510 g/mol. The lowest BCUT2D eigenvalue weighted by Gasteiger charge is -2.31. The number of likely N-dealkylation sites (tertiary alicyclic amines) is 1. The smallest absolute Gasteiger partial charge is 0.343 e. The van der Waals surface area contributed by atoms with Crippen molar-refractivity contribution in [2.24, 2.45) is 0 Å². The topological polar surface area (TPSA) is 122 Å². The molecule has 10 heteroatoms. The van der Waals surface area contributed by atoms with Gasteiger partial charge < -0.3 is 24.4 Å². The number of nitrogens with zero attached hydrogens (tertiary/aromatic N) is 3. The Morgan fingerprint density at radius 3 is 2.69 bits per heavy atom. The van der Waals surface area contributed by atoms with Gasteiger partial charge >= 0.3 is 5.97 Å². The minimum absolute atomic E-state index is 0.0548. The van der Waals surface area contributed by atoms with Crippen LogP contribution in [0.4, 0.5) is 0 Å². The van der Waals surface area contributed by atoms with E-state index in [4.69, 9.17) is 21.3 Å². The number of aromatic nitrogens is 2. The van der Waals surface area contributed by atoms with Crippen molar-refractivity contribution in [2.45, 2.75) is 58.1 Å². The van der Waals surface area contributed by atoms with Crippen LogP contribution < -0.4 is 5.56 Å². The van der Waals surface area contributed by atoms with E-state index in [1.54, 1.807) is 28.5 Å². The number of pyridine rings is 2. The van der Waals surface area contributed by atoms with Crippen molar-refractivity contribution in [3.63, 3.8) is 0 Å². The van der Waals surface area contributed by atoms with E-state index in [-0.39, 0.29) is 48.7 Å². The van der Waals surface area contributed by atoms with Crippen LogP contribution in [0.25, 0.3) is 22.3 Å². The highest BCUT2D eigenvalue weighted by Crippen LogP contribution is 2.41. The Labute approximate surface area is 210 Å². The average Bonchev–Trinajstić information content (AvgIpc) is 3.38. The molecule has 0 radical (unpaired) electrons. The van der Waals surface area contributed by atoms with Gasteiger partial charge in [-0.1, -0.05) is 18.5 Å². The van der Waals surface area contributed by atoms with Crippen molar-refractivity contribution in [3.05, 3.63) is 61.4 Å². The predicted molar refractivity (Wildman–Crippen MR) is 130 cm³/mol. The highest BCUT2D eigenvalue weighted by molar-refractivity contribution is 6.32. The number of rotatable bonds is 3. The van der Waals surface area contributed by atoms with Crippen LogP contribution in [0, 0.1) is 6.92 Å². The molecule has 1 fully saturated rings. The molecule has 2 atom stereocenters. The molecule has 36 heavy (non-hydrogen) atoms. The van der Waals surface area contributed by atoms with Crippen LogP contribution in [0.1, 0.15) is 47.6 Å².